The maximum atomic E-state index is 13.2. The topological polar surface area (TPSA) is 96.0 Å². The average Bonchev–Trinajstić information content (AvgIpc) is 2.84. The van der Waals surface area contributed by atoms with E-state index in [9.17, 15) is 18.0 Å². The summed E-state index contributed by atoms with van der Waals surface area (Å²) in [6.07, 6.45) is 3.74. The summed E-state index contributed by atoms with van der Waals surface area (Å²) in [5, 5.41) is 2.86. The van der Waals surface area contributed by atoms with Crippen molar-refractivity contribution in [3.8, 4) is 0 Å². The zero-order chi connectivity index (χ0) is 23.0. The van der Waals surface area contributed by atoms with Crippen molar-refractivity contribution in [2.45, 2.75) is 43.4 Å². The lowest BCUT2D eigenvalue weighted by molar-refractivity contribution is -0.138. The summed E-state index contributed by atoms with van der Waals surface area (Å²) in [5.41, 5.74) is 0. The van der Waals surface area contributed by atoms with Crippen LogP contribution < -0.4 is 5.32 Å². The van der Waals surface area contributed by atoms with Crippen LogP contribution in [0, 0.1) is 11.8 Å². The Hall–Kier alpha value is -1.97. The van der Waals surface area contributed by atoms with Gasteiger partial charge in [0.25, 0.3) is 0 Å². The standard InChI is InChI=1S/C23H35N3O5S/c1-31-18-19-10-15-25(16-11-19)23(28)20-6-5-14-26(17-12-22(27)24-13-9-20)32(29,30)21-7-3-2-4-8-21/h2-4,7-8,19-20H,5-6,9-18H2,1H3,(H,24,27). The maximum absolute atomic E-state index is 13.2. The molecule has 2 heterocycles. The molecule has 0 aromatic heterocycles. The van der Waals surface area contributed by atoms with Gasteiger partial charge in [-0.25, -0.2) is 8.42 Å². The minimum absolute atomic E-state index is 0.109. The van der Waals surface area contributed by atoms with Crippen molar-refractivity contribution in [3.63, 3.8) is 0 Å². The molecule has 0 radical (unpaired) electrons. The summed E-state index contributed by atoms with van der Waals surface area (Å²) in [5.74, 6) is 0.208. The monoisotopic (exact) mass is 465 g/mol. The van der Waals surface area contributed by atoms with Gasteiger partial charge in [-0.15, -0.1) is 0 Å². The third kappa shape index (κ3) is 6.52. The van der Waals surface area contributed by atoms with Gasteiger partial charge < -0.3 is 15.0 Å². The second kappa shape index (κ2) is 11.8. The van der Waals surface area contributed by atoms with Crippen LogP contribution in [0.2, 0.25) is 0 Å². The van der Waals surface area contributed by atoms with Gasteiger partial charge in [0, 0.05) is 58.8 Å². The van der Waals surface area contributed by atoms with Gasteiger partial charge in [0.15, 0.2) is 0 Å². The number of sulfonamides is 1. The highest BCUT2D eigenvalue weighted by Gasteiger charge is 2.30. The number of hydrogen-bond donors (Lipinski definition) is 1. The summed E-state index contributed by atoms with van der Waals surface area (Å²) in [7, 11) is -1.98. The lowest BCUT2D eigenvalue weighted by Crippen LogP contribution is -2.43. The summed E-state index contributed by atoms with van der Waals surface area (Å²) < 4.78 is 32.8. The molecule has 2 aliphatic heterocycles. The van der Waals surface area contributed by atoms with E-state index in [4.69, 9.17) is 4.74 Å². The van der Waals surface area contributed by atoms with Gasteiger partial charge in [0.2, 0.25) is 21.8 Å². The molecule has 0 aliphatic carbocycles. The van der Waals surface area contributed by atoms with Crippen LogP contribution in [0.3, 0.4) is 0 Å². The van der Waals surface area contributed by atoms with Gasteiger partial charge in [-0.1, -0.05) is 18.2 Å². The molecular weight excluding hydrogens is 430 g/mol. The van der Waals surface area contributed by atoms with E-state index in [1.54, 1.807) is 37.4 Å². The molecule has 1 unspecified atom stereocenters. The molecule has 8 nitrogen and oxygen atoms in total. The van der Waals surface area contributed by atoms with Crippen molar-refractivity contribution in [3.05, 3.63) is 30.3 Å². The van der Waals surface area contributed by atoms with Crippen molar-refractivity contribution < 1.29 is 22.7 Å². The number of piperidine rings is 1. The molecular formula is C23H35N3O5S. The smallest absolute Gasteiger partial charge is 0.243 e. The first kappa shape index (κ1) is 24.7. The van der Waals surface area contributed by atoms with E-state index in [1.165, 1.54) is 4.31 Å². The van der Waals surface area contributed by atoms with Crippen molar-refractivity contribution >= 4 is 21.8 Å². The average molecular weight is 466 g/mol. The van der Waals surface area contributed by atoms with Crippen molar-refractivity contribution in [1.82, 2.24) is 14.5 Å². The molecule has 2 amide bonds. The number of carbonyl (C=O) groups excluding carboxylic acids is 2. The second-order valence-electron chi connectivity index (χ2n) is 8.67. The fourth-order valence-corrected chi connectivity index (χ4v) is 6.01. The first-order valence-electron chi connectivity index (χ1n) is 11.5. The Morgan fingerprint density at radius 2 is 1.78 bits per heavy atom. The minimum atomic E-state index is -3.69. The molecule has 32 heavy (non-hydrogen) atoms. The molecule has 0 spiro atoms. The number of hydrogen-bond acceptors (Lipinski definition) is 5. The highest BCUT2D eigenvalue weighted by molar-refractivity contribution is 7.89. The van der Waals surface area contributed by atoms with E-state index in [-0.39, 0.29) is 35.6 Å². The zero-order valence-corrected chi connectivity index (χ0v) is 19.7. The summed E-state index contributed by atoms with van der Waals surface area (Å²) >= 11 is 0. The molecule has 3 rings (SSSR count). The molecule has 1 aromatic rings. The Morgan fingerprint density at radius 3 is 2.47 bits per heavy atom. The second-order valence-corrected chi connectivity index (χ2v) is 10.6. The highest BCUT2D eigenvalue weighted by atomic mass is 32.2. The molecule has 2 saturated heterocycles. The van der Waals surface area contributed by atoms with E-state index in [2.05, 4.69) is 5.32 Å². The first-order chi connectivity index (χ1) is 15.4. The van der Waals surface area contributed by atoms with Crippen LogP contribution in [-0.4, -0.2) is 75.9 Å². The lowest BCUT2D eigenvalue weighted by atomic mass is 9.93. The molecule has 2 aliphatic rings. The fraction of sp³-hybridized carbons (Fsp3) is 0.652. The van der Waals surface area contributed by atoms with E-state index in [0.29, 0.717) is 38.3 Å². The predicted octanol–water partition coefficient (Wildman–Crippen LogP) is 1.87. The Balaban J connectivity index is 1.66. The third-order valence-corrected chi connectivity index (χ3v) is 8.33. The highest BCUT2D eigenvalue weighted by Crippen LogP contribution is 2.23. The SMILES string of the molecule is COCC1CCN(C(=O)C2CCCN(S(=O)(=O)c3ccccc3)CCC(=O)NCC2)CC1. The van der Waals surface area contributed by atoms with Crippen LogP contribution in [-0.2, 0) is 24.3 Å². The van der Waals surface area contributed by atoms with E-state index in [0.717, 1.165) is 32.5 Å². The molecule has 0 bridgehead atoms. The van der Waals surface area contributed by atoms with E-state index in [1.807, 2.05) is 4.90 Å². The summed E-state index contributed by atoms with van der Waals surface area (Å²) in [4.78, 5) is 27.6. The van der Waals surface area contributed by atoms with Crippen LogP contribution in [0.25, 0.3) is 0 Å². The largest absolute Gasteiger partial charge is 0.384 e. The number of amides is 2. The normalized spacial score (nSPS) is 22.7. The molecule has 9 heteroatoms. The molecule has 2 fully saturated rings. The predicted molar refractivity (Wildman–Crippen MR) is 121 cm³/mol. The van der Waals surface area contributed by atoms with Crippen LogP contribution in [0.15, 0.2) is 35.2 Å². The third-order valence-electron chi connectivity index (χ3n) is 6.42. The van der Waals surface area contributed by atoms with Crippen molar-refractivity contribution in [2.24, 2.45) is 11.8 Å². The number of nitrogens with one attached hydrogen (secondary N) is 1. The summed E-state index contributed by atoms with van der Waals surface area (Å²) in [6.45, 7) is 3.04. The lowest BCUT2D eigenvalue weighted by Gasteiger charge is -2.34. The summed E-state index contributed by atoms with van der Waals surface area (Å²) in [6, 6.07) is 8.29. The Morgan fingerprint density at radius 1 is 1.06 bits per heavy atom. The van der Waals surface area contributed by atoms with Crippen LogP contribution in [0.1, 0.15) is 38.5 Å². The van der Waals surface area contributed by atoms with Gasteiger partial charge in [-0.05, 0) is 50.2 Å². The van der Waals surface area contributed by atoms with Crippen molar-refractivity contribution in [1.29, 1.82) is 0 Å². The van der Waals surface area contributed by atoms with E-state index >= 15 is 0 Å². The Labute approximate surface area is 191 Å². The number of carbonyl (C=O) groups is 2. The molecule has 1 atom stereocenters. The number of methoxy groups -OCH3 is 1. The van der Waals surface area contributed by atoms with Gasteiger partial charge in [-0.3, -0.25) is 9.59 Å². The van der Waals surface area contributed by atoms with Crippen molar-refractivity contribution in [2.75, 3.05) is 46.4 Å². The van der Waals surface area contributed by atoms with Gasteiger partial charge in [0.05, 0.1) is 4.90 Å². The molecule has 178 valence electrons. The van der Waals surface area contributed by atoms with Crippen LogP contribution >= 0.6 is 0 Å². The Bertz CT molecular complexity index is 854. The number of benzene rings is 1. The Kier molecular flexibility index (Phi) is 9.07. The van der Waals surface area contributed by atoms with Gasteiger partial charge in [-0.2, -0.15) is 4.31 Å². The van der Waals surface area contributed by atoms with E-state index < -0.39 is 10.0 Å². The quantitative estimate of drug-likeness (QED) is 0.716. The number of ether oxygens (including phenoxy) is 1. The fourth-order valence-electron chi connectivity index (χ4n) is 4.51. The molecule has 1 N–H and O–H groups in total. The number of nitrogens with zero attached hydrogens (tertiary/aromatic N) is 2. The first-order valence-corrected chi connectivity index (χ1v) is 13.0. The number of likely N-dealkylation sites (tertiary alicyclic amines) is 1. The molecule has 1 aromatic carbocycles. The molecule has 0 saturated carbocycles. The zero-order valence-electron chi connectivity index (χ0n) is 18.9. The van der Waals surface area contributed by atoms with Crippen LogP contribution in [0.5, 0.6) is 0 Å². The van der Waals surface area contributed by atoms with Gasteiger partial charge in [0.1, 0.15) is 0 Å². The minimum Gasteiger partial charge on any atom is -0.384 e. The van der Waals surface area contributed by atoms with Gasteiger partial charge >= 0.3 is 0 Å². The van der Waals surface area contributed by atoms with Crippen LogP contribution in [0.4, 0.5) is 0 Å². The maximum Gasteiger partial charge on any atom is 0.243 e. The number of rotatable bonds is 5.